The fourth-order valence-electron chi connectivity index (χ4n) is 2.73. The van der Waals surface area contributed by atoms with Crippen molar-refractivity contribution in [1.29, 1.82) is 0 Å². The van der Waals surface area contributed by atoms with Gasteiger partial charge in [0, 0.05) is 16.8 Å². The van der Waals surface area contributed by atoms with E-state index in [-0.39, 0.29) is 5.56 Å². The molecular weight excluding hydrogens is 354 g/mol. The van der Waals surface area contributed by atoms with Crippen molar-refractivity contribution in [2.45, 2.75) is 25.4 Å². The Morgan fingerprint density at radius 1 is 1.27 bits per heavy atom. The Hall–Kier alpha value is -2.86. The monoisotopic (exact) mass is 369 g/mol. The van der Waals surface area contributed by atoms with E-state index in [1.54, 1.807) is 10.9 Å². The van der Waals surface area contributed by atoms with E-state index >= 15 is 0 Å². The van der Waals surface area contributed by atoms with Crippen LogP contribution in [0, 0.1) is 0 Å². The first-order valence-corrected chi connectivity index (χ1v) is 8.64. The molecule has 0 unspecified atom stereocenters. The topological polar surface area (TPSA) is 77.2 Å². The fraction of sp³-hybridized carbons (Fsp3) is 0.211. The lowest BCUT2D eigenvalue weighted by Crippen LogP contribution is -2.07. The third-order valence-electron chi connectivity index (χ3n) is 4.27. The molecule has 0 aliphatic heterocycles. The summed E-state index contributed by atoms with van der Waals surface area (Å²) in [6.45, 7) is 0.362. The van der Waals surface area contributed by atoms with Gasteiger partial charge in [-0.1, -0.05) is 23.7 Å². The van der Waals surface area contributed by atoms with Gasteiger partial charge < -0.3 is 9.84 Å². The van der Waals surface area contributed by atoms with Gasteiger partial charge >= 0.3 is 5.97 Å². The summed E-state index contributed by atoms with van der Waals surface area (Å²) in [5.74, 6) is 0.457. The first kappa shape index (κ1) is 16.6. The van der Waals surface area contributed by atoms with Crippen molar-refractivity contribution in [1.82, 2.24) is 14.8 Å². The third kappa shape index (κ3) is 3.41. The Balaban J connectivity index is 1.66. The quantitative estimate of drug-likeness (QED) is 0.708. The molecule has 1 aliphatic rings. The van der Waals surface area contributed by atoms with Crippen LogP contribution in [-0.4, -0.2) is 25.8 Å². The van der Waals surface area contributed by atoms with Crippen LogP contribution < -0.4 is 4.74 Å². The predicted molar refractivity (Wildman–Crippen MR) is 96.1 cm³/mol. The molecule has 2 heterocycles. The van der Waals surface area contributed by atoms with Crippen molar-refractivity contribution in [3.05, 3.63) is 70.5 Å². The first-order valence-electron chi connectivity index (χ1n) is 8.26. The Kier molecular flexibility index (Phi) is 4.34. The largest absolute Gasteiger partial charge is 0.478 e. The van der Waals surface area contributed by atoms with Crippen LogP contribution in [-0.2, 0) is 6.61 Å². The maximum Gasteiger partial charge on any atom is 0.335 e. The zero-order valence-corrected chi connectivity index (χ0v) is 14.6. The molecule has 0 spiro atoms. The number of carbonyl (C=O) groups is 1. The molecule has 1 fully saturated rings. The third-order valence-corrected chi connectivity index (χ3v) is 4.52. The fourth-order valence-corrected chi connectivity index (χ4v) is 2.86. The van der Waals surface area contributed by atoms with E-state index in [0.29, 0.717) is 29.2 Å². The van der Waals surface area contributed by atoms with Crippen molar-refractivity contribution in [2.75, 3.05) is 0 Å². The van der Waals surface area contributed by atoms with Gasteiger partial charge in [0.25, 0.3) is 0 Å². The lowest BCUT2D eigenvalue weighted by molar-refractivity contribution is 0.0696. The van der Waals surface area contributed by atoms with Crippen molar-refractivity contribution < 1.29 is 14.6 Å². The predicted octanol–water partition coefficient (Wildman–Crippen LogP) is 4.08. The molecule has 1 aliphatic carbocycles. The van der Waals surface area contributed by atoms with Crippen LogP contribution in [0.2, 0.25) is 5.02 Å². The number of pyridine rings is 1. The zero-order chi connectivity index (χ0) is 18.1. The van der Waals surface area contributed by atoms with Crippen LogP contribution in [0.1, 0.15) is 40.2 Å². The number of aromatic carboxylic acids is 1. The molecule has 1 saturated carbocycles. The maximum atomic E-state index is 11.2. The van der Waals surface area contributed by atoms with Gasteiger partial charge in [0.1, 0.15) is 6.61 Å². The smallest absolute Gasteiger partial charge is 0.335 e. The SMILES string of the molecule is O=C(O)c1ccnc(-n2ncc(C3CC3)c2OCc2ccc(Cl)cc2)c1. The highest BCUT2D eigenvalue weighted by atomic mass is 35.5. The number of hydrogen-bond acceptors (Lipinski definition) is 4. The summed E-state index contributed by atoms with van der Waals surface area (Å²) < 4.78 is 7.63. The van der Waals surface area contributed by atoms with E-state index in [2.05, 4.69) is 10.1 Å². The molecule has 0 radical (unpaired) electrons. The first-order chi connectivity index (χ1) is 12.6. The van der Waals surface area contributed by atoms with Gasteiger partial charge in [-0.15, -0.1) is 0 Å². The molecule has 0 saturated heterocycles. The number of nitrogens with zero attached hydrogens (tertiary/aromatic N) is 3. The number of aromatic nitrogens is 3. The van der Waals surface area contributed by atoms with E-state index in [1.807, 2.05) is 24.3 Å². The van der Waals surface area contributed by atoms with E-state index in [1.165, 1.54) is 18.3 Å². The summed E-state index contributed by atoms with van der Waals surface area (Å²) in [5, 5.41) is 14.3. The van der Waals surface area contributed by atoms with Crippen molar-refractivity contribution in [3.8, 4) is 11.7 Å². The Bertz CT molecular complexity index is 949. The van der Waals surface area contributed by atoms with Crippen LogP contribution in [0.25, 0.3) is 5.82 Å². The average Bonchev–Trinajstić information content (AvgIpc) is 3.41. The van der Waals surface area contributed by atoms with Gasteiger partial charge in [-0.2, -0.15) is 9.78 Å². The molecule has 6 nitrogen and oxygen atoms in total. The average molecular weight is 370 g/mol. The van der Waals surface area contributed by atoms with E-state index in [0.717, 1.165) is 24.0 Å². The lowest BCUT2D eigenvalue weighted by atomic mass is 10.2. The second-order valence-electron chi connectivity index (χ2n) is 6.21. The molecule has 26 heavy (non-hydrogen) atoms. The Morgan fingerprint density at radius 2 is 2.04 bits per heavy atom. The number of halogens is 1. The molecule has 1 aromatic carbocycles. The second-order valence-corrected chi connectivity index (χ2v) is 6.65. The van der Waals surface area contributed by atoms with Crippen molar-refractivity contribution in [3.63, 3.8) is 0 Å². The molecule has 0 bridgehead atoms. The van der Waals surface area contributed by atoms with Gasteiger partial charge in [-0.25, -0.2) is 9.78 Å². The molecule has 3 aromatic rings. The van der Waals surface area contributed by atoms with Crippen LogP contribution >= 0.6 is 11.6 Å². The highest BCUT2D eigenvalue weighted by Crippen LogP contribution is 2.44. The zero-order valence-electron chi connectivity index (χ0n) is 13.8. The Morgan fingerprint density at radius 3 is 2.73 bits per heavy atom. The minimum atomic E-state index is -1.01. The second kappa shape index (κ2) is 6.80. The minimum absolute atomic E-state index is 0.155. The normalized spacial score (nSPS) is 13.6. The highest BCUT2D eigenvalue weighted by Gasteiger charge is 2.30. The summed E-state index contributed by atoms with van der Waals surface area (Å²) >= 11 is 5.92. The summed E-state index contributed by atoms with van der Waals surface area (Å²) in [4.78, 5) is 15.5. The van der Waals surface area contributed by atoms with Gasteiger partial charge in [0.05, 0.1) is 11.8 Å². The summed E-state index contributed by atoms with van der Waals surface area (Å²) in [5.41, 5.74) is 2.17. The highest BCUT2D eigenvalue weighted by molar-refractivity contribution is 6.30. The van der Waals surface area contributed by atoms with Crippen LogP contribution in [0.3, 0.4) is 0 Å². The number of rotatable bonds is 6. The molecule has 2 aromatic heterocycles. The lowest BCUT2D eigenvalue weighted by Gasteiger charge is -2.11. The van der Waals surface area contributed by atoms with Gasteiger partial charge in [-0.05, 0) is 48.6 Å². The molecule has 0 amide bonds. The number of carboxylic acids is 1. The number of hydrogen-bond donors (Lipinski definition) is 1. The van der Waals surface area contributed by atoms with Crippen LogP contribution in [0.15, 0.2) is 48.8 Å². The molecular formula is C19H16ClN3O3. The van der Waals surface area contributed by atoms with Gasteiger partial charge in [0.2, 0.25) is 5.88 Å². The summed E-state index contributed by atoms with van der Waals surface area (Å²) in [7, 11) is 0. The number of ether oxygens (including phenoxy) is 1. The molecule has 7 heteroatoms. The molecule has 1 N–H and O–H groups in total. The Labute approximate surface area is 155 Å². The maximum absolute atomic E-state index is 11.2. The standard InChI is InChI=1S/C19H16ClN3O3/c20-15-5-1-12(2-6-15)11-26-18-16(13-3-4-13)10-22-23(18)17-9-14(19(24)25)7-8-21-17/h1-2,5-10,13H,3-4,11H2,(H,24,25). The van der Waals surface area contributed by atoms with E-state index in [9.17, 15) is 9.90 Å². The van der Waals surface area contributed by atoms with Crippen molar-refractivity contribution in [2.24, 2.45) is 0 Å². The summed E-state index contributed by atoms with van der Waals surface area (Å²) in [6.07, 6.45) is 5.45. The van der Waals surface area contributed by atoms with Gasteiger partial charge in [0.15, 0.2) is 5.82 Å². The molecule has 4 rings (SSSR count). The number of carboxylic acid groups (broad SMARTS) is 1. The molecule has 132 valence electrons. The minimum Gasteiger partial charge on any atom is -0.478 e. The van der Waals surface area contributed by atoms with Crippen molar-refractivity contribution >= 4 is 17.6 Å². The van der Waals surface area contributed by atoms with E-state index in [4.69, 9.17) is 16.3 Å². The number of benzene rings is 1. The van der Waals surface area contributed by atoms with E-state index < -0.39 is 5.97 Å². The molecule has 0 atom stereocenters. The van der Waals surface area contributed by atoms with Gasteiger partial charge in [-0.3, -0.25) is 0 Å². The van der Waals surface area contributed by atoms with Crippen LogP contribution in [0.4, 0.5) is 0 Å². The summed E-state index contributed by atoms with van der Waals surface area (Å²) in [6, 6.07) is 10.4. The van der Waals surface area contributed by atoms with Crippen LogP contribution in [0.5, 0.6) is 5.88 Å².